The summed E-state index contributed by atoms with van der Waals surface area (Å²) >= 11 is 7.80. The molecule has 1 aliphatic heterocycles. The zero-order valence-electron chi connectivity index (χ0n) is 22.4. The lowest BCUT2D eigenvalue weighted by Crippen LogP contribution is -2.40. The molecule has 3 aromatic rings. The van der Waals surface area contributed by atoms with Crippen molar-refractivity contribution in [3.63, 3.8) is 0 Å². The van der Waals surface area contributed by atoms with E-state index in [9.17, 15) is 4.79 Å². The number of rotatable bonds is 8. The Morgan fingerprint density at radius 3 is 2.49 bits per heavy atom. The maximum atomic E-state index is 13.9. The number of para-hydroxylation sites is 2. The van der Waals surface area contributed by atoms with Crippen LogP contribution in [-0.4, -0.2) is 29.1 Å². The lowest BCUT2D eigenvalue weighted by molar-refractivity contribution is -0.124. The summed E-state index contributed by atoms with van der Waals surface area (Å²) in [5, 5.41) is 1.39. The first-order valence-corrected chi connectivity index (χ1v) is 14.7. The van der Waals surface area contributed by atoms with Crippen LogP contribution in [0.5, 0.6) is 11.5 Å². The van der Waals surface area contributed by atoms with Crippen molar-refractivity contribution < 1.29 is 14.3 Å². The Balaban J connectivity index is 1.51. The maximum Gasteiger partial charge on any atom is 0.267 e. The summed E-state index contributed by atoms with van der Waals surface area (Å²) < 4.78 is 11.9. The third-order valence-electron chi connectivity index (χ3n) is 7.21. The van der Waals surface area contributed by atoms with Crippen LogP contribution in [0.3, 0.4) is 0 Å². The van der Waals surface area contributed by atoms with Crippen LogP contribution >= 0.6 is 23.4 Å². The molecule has 0 spiro atoms. The van der Waals surface area contributed by atoms with Gasteiger partial charge in [-0.3, -0.25) is 9.69 Å². The number of aryl methyl sites for hydroxylation is 1. The molecule has 0 unspecified atom stereocenters. The summed E-state index contributed by atoms with van der Waals surface area (Å²) in [6.45, 7) is 2.41. The molecule has 1 aliphatic carbocycles. The van der Waals surface area contributed by atoms with E-state index >= 15 is 0 Å². The van der Waals surface area contributed by atoms with Crippen molar-refractivity contribution in [2.45, 2.75) is 58.1 Å². The van der Waals surface area contributed by atoms with Gasteiger partial charge < -0.3 is 9.47 Å². The van der Waals surface area contributed by atoms with Crippen LogP contribution in [0.25, 0.3) is 6.08 Å². The molecule has 202 valence electrons. The summed E-state index contributed by atoms with van der Waals surface area (Å²) in [5.74, 6) is 1.17. The molecule has 7 heteroatoms. The zero-order valence-corrected chi connectivity index (χ0v) is 23.9. The van der Waals surface area contributed by atoms with Gasteiger partial charge in [-0.1, -0.05) is 86.3 Å². The second-order valence-electron chi connectivity index (χ2n) is 9.71. The molecule has 3 aromatic carbocycles. The monoisotopic (exact) mass is 560 g/mol. The lowest BCUT2D eigenvalue weighted by atomic mass is 9.94. The Labute approximate surface area is 239 Å². The first kappa shape index (κ1) is 27.4. The molecule has 1 saturated heterocycles. The van der Waals surface area contributed by atoms with E-state index in [1.807, 2.05) is 71.6 Å². The van der Waals surface area contributed by atoms with E-state index in [-0.39, 0.29) is 18.6 Å². The van der Waals surface area contributed by atoms with Gasteiger partial charge in [-0.05, 0) is 60.9 Å². The average Bonchev–Trinajstić information content (AvgIpc) is 3.27. The van der Waals surface area contributed by atoms with E-state index in [0.717, 1.165) is 54.1 Å². The van der Waals surface area contributed by atoms with Crippen molar-refractivity contribution in [2.75, 3.05) is 7.11 Å². The van der Waals surface area contributed by atoms with Gasteiger partial charge in [0.1, 0.15) is 6.61 Å². The molecule has 39 heavy (non-hydrogen) atoms. The third kappa shape index (κ3) is 6.18. The van der Waals surface area contributed by atoms with Gasteiger partial charge in [-0.2, -0.15) is 0 Å². The molecular weight excluding hydrogens is 528 g/mol. The van der Waals surface area contributed by atoms with Crippen LogP contribution in [0.2, 0.25) is 5.02 Å². The molecule has 1 heterocycles. The lowest BCUT2D eigenvalue weighted by Gasteiger charge is -2.30. The van der Waals surface area contributed by atoms with Crippen molar-refractivity contribution in [2.24, 2.45) is 4.99 Å². The van der Waals surface area contributed by atoms with E-state index in [2.05, 4.69) is 13.0 Å². The second-order valence-corrected chi connectivity index (χ2v) is 11.1. The van der Waals surface area contributed by atoms with Gasteiger partial charge in [0.2, 0.25) is 0 Å². The number of carbonyl (C=O) groups is 1. The summed E-state index contributed by atoms with van der Waals surface area (Å²) in [5.41, 5.74) is 3.74. The number of hydrogen-bond donors (Lipinski definition) is 0. The molecule has 5 rings (SSSR count). The van der Waals surface area contributed by atoms with Gasteiger partial charge in [-0.15, -0.1) is 0 Å². The van der Waals surface area contributed by atoms with Crippen LogP contribution in [0.1, 0.15) is 55.7 Å². The van der Waals surface area contributed by atoms with Crippen molar-refractivity contribution in [3.8, 4) is 11.5 Å². The number of amides is 1. The normalized spacial score (nSPS) is 18.2. The number of aliphatic imine (C=N–C) groups is 1. The van der Waals surface area contributed by atoms with Crippen molar-refractivity contribution >= 4 is 46.2 Å². The van der Waals surface area contributed by atoms with Crippen LogP contribution in [0.4, 0.5) is 5.69 Å². The van der Waals surface area contributed by atoms with Crippen molar-refractivity contribution in [1.82, 2.24) is 4.90 Å². The van der Waals surface area contributed by atoms with E-state index < -0.39 is 0 Å². The topological polar surface area (TPSA) is 51.1 Å². The average molecular weight is 561 g/mol. The molecule has 5 nitrogen and oxygen atoms in total. The predicted molar refractivity (Wildman–Crippen MR) is 161 cm³/mol. The number of benzene rings is 3. The second kappa shape index (κ2) is 12.8. The fourth-order valence-corrected chi connectivity index (χ4v) is 6.35. The van der Waals surface area contributed by atoms with Gasteiger partial charge in [0.05, 0.1) is 17.7 Å². The molecule has 1 amide bonds. The van der Waals surface area contributed by atoms with Crippen LogP contribution in [0, 0.1) is 0 Å². The maximum absolute atomic E-state index is 13.9. The van der Waals surface area contributed by atoms with Gasteiger partial charge in [0.15, 0.2) is 16.7 Å². The third-order valence-corrected chi connectivity index (χ3v) is 8.56. The largest absolute Gasteiger partial charge is 0.493 e. The van der Waals surface area contributed by atoms with Crippen LogP contribution in [-0.2, 0) is 17.8 Å². The highest BCUT2D eigenvalue weighted by molar-refractivity contribution is 8.18. The molecular formula is C32H33ClN2O3S. The van der Waals surface area contributed by atoms with Crippen LogP contribution < -0.4 is 9.47 Å². The molecule has 1 saturated carbocycles. The Bertz CT molecular complexity index is 1400. The van der Waals surface area contributed by atoms with Crippen LogP contribution in [0.15, 0.2) is 76.6 Å². The SMILES string of the molecule is CCc1ccccc1N=C1S/C(=C/c2cccc(OC)c2OCc2ccccc2Cl)C(=O)N1C1CCCCC1. The van der Waals surface area contributed by atoms with Crippen molar-refractivity contribution in [1.29, 1.82) is 0 Å². The molecule has 2 fully saturated rings. The smallest absolute Gasteiger partial charge is 0.267 e. The standard InChI is InChI=1S/C32H33ClN2O3S/c1-3-22-12-8-10-18-27(22)34-32-35(25-15-5-4-6-16-25)31(36)29(39-32)20-23-14-11-19-28(37-2)30(23)38-21-24-13-7-9-17-26(24)33/h7-14,17-20,25H,3-6,15-16,21H2,1-2H3/b29-20+,34-32?. The zero-order chi connectivity index (χ0) is 27.2. The van der Waals surface area contributed by atoms with E-state index in [1.54, 1.807) is 7.11 Å². The predicted octanol–water partition coefficient (Wildman–Crippen LogP) is 8.43. The number of hydrogen-bond acceptors (Lipinski definition) is 5. The first-order valence-electron chi connectivity index (χ1n) is 13.5. The summed E-state index contributed by atoms with van der Waals surface area (Å²) in [7, 11) is 1.62. The number of halogens is 1. The molecule has 0 atom stereocenters. The fourth-order valence-electron chi connectivity index (χ4n) is 5.12. The Morgan fingerprint density at radius 1 is 1.00 bits per heavy atom. The summed E-state index contributed by atoms with van der Waals surface area (Å²) in [4.78, 5) is 21.5. The number of ether oxygens (including phenoxy) is 2. The Morgan fingerprint density at radius 2 is 1.74 bits per heavy atom. The quantitative estimate of drug-likeness (QED) is 0.259. The molecule has 0 radical (unpaired) electrons. The van der Waals surface area contributed by atoms with E-state index in [1.165, 1.54) is 23.7 Å². The Kier molecular flexibility index (Phi) is 8.95. The summed E-state index contributed by atoms with van der Waals surface area (Å²) in [6, 6.07) is 21.6. The van der Waals surface area contributed by atoms with Gasteiger partial charge >= 0.3 is 0 Å². The minimum atomic E-state index is -0.000460. The van der Waals surface area contributed by atoms with Crippen molar-refractivity contribution in [3.05, 3.63) is 93.3 Å². The highest BCUT2D eigenvalue weighted by Crippen LogP contribution is 2.41. The molecule has 0 bridgehead atoms. The fraction of sp³-hybridized carbons (Fsp3) is 0.312. The highest BCUT2D eigenvalue weighted by Gasteiger charge is 2.39. The minimum absolute atomic E-state index is 0.000460. The highest BCUT2D eigenvalue weighted by atomic mass is 35.5. The molecule has 2 aliphatic rings. The van der Waals surface area contributed by atoms with Gasteiger partial charge in [0.25, 0.3) is 5.91 Å². The summed E-state index contributed by atoms with van der Waals surface area (Å²) in [6.07, 6.45) is 8.27. The number of thioether (sulfide) groups is 1. The number of carbonyl (C=O) groups excluding carboxylic acids is 1. The van der Waals surface area contributed by atoms with E-state index in [0.29, 0.717) is 21.4 Å². The molecule has 0 N–H and O–H groups in total. The number of methoxy groups -OCH3 is 1. The van der Waals surface area contributed by atoms with Gasteiger partial charge in [0, 0.05) is 22.2 Å². The number of nitrogens with zero attached hydrogens (tertiary/aromatic N) is 2. The molecule has 0 aromatic heterocycles. The Hall–Kier alpha value is -3.22. The van der Waals surface area contributed by atoms with E-state index in [4.69, 9.17) is 26.1 Å². The number of amidine groups is 1. The first-order chi connectivity index (χ1) is 19.1. The van der Waals surface area contributed by atoms with Gasteiger partial charge in [-0.25, -0.2) is 4.99 Å². The minimum Gasteiger partial charge on any atom is -0.493 e.